The number of carbonyl (C=O) groups excluding carboxylic acids is 2. The number of likely N-dealkylation sites (N-methyl/N-ethyl adjacent to an activating group) is 1. The van der Waals surface area contributed by atoms with Gasteiger partial charge in [-0.2, -0.15) is 0 Å². The predicted molar refractivity (Wildman–Crippen MR) is 351 cm³/mol. The lowest BCUT2D eigenvalue weighted by atomic mass is 10.0. The molecule has 0 fully saturated rings. The van der Waals surface area contributed by atoms with E-state index in [1.807, 2.05) is 21.1 Å². The van der Waals surface area contributed by atoms with Crippen molar-refractivity contribution in [1.29, 1.82) is 0 Å². The zero-order chi connectivity index (χ0) is 59.8. The molecule has 0 aliphatic heterocycles. The molecule has 0 aromatic rings. The standard InChI is InChI=1S/C73H143NO8/c1-6-8-10-12-14-16-18-20-22-24-26-27-28-29-30-31-32-33-34-35-36-37-38-39-40-41-42-43-44-45-46-48-50-52-54-56-58-60-62-64-71(76)82-69(68-81-73(72(77)78)79-66-65-74(3,4)5)67-80-70(75)63-61-59-57-55-53-51-49-47-25-23-21-19-17-15-13-11-9-7-2/h69,73H,6-68H2,1-5H3/p+1. The number of hydrogen-bond acceptors (Lipinski definition) is 7. The van der Waals surface area contributed by atoms with Crippen LogP contribution in [-0.2, 0) is 33.3 Å². The number of ether oxygens (including phenoxy) is 4. The van der Waals surface area contributed by atoms with Gasteiger partial charge in [-0.15, -0.1) is 0 Å². The lowest BCUT2D eigenvalue weighted by Crippen LogP contribution is -2.40. The van der Waals surface area contributed by atoms with Gasteiger partial charge >= 0.3 is 17.9 Å². The molecule has 0 saturated carbocycles. The van der Waals surface area contributed by atoms with E-state index in [-0.39, 0.29) is 38.2 Å². The molecule has 9 nitrogen and oxygen atoms in total. The van der Waals surface area contributed by atoms with Crippen LogP contribution in [0.15, 0.2) is 0 Å². The third-order valence-corrected chi connectivity index (χ3v) is 17.1. The summed E-state index contributed by atoms with van der Waals surface area (Å²) in [6.45, 7) is 4.97. The van der Waals surface area contributed by atoms with E-state index in [2.05, 4.69) is 13.8 Å². The Hall–Kier alpha value is -1.71. The number of esters is 2. The summed E-state index contributed by atoms with van der Waals surface area (Å²) in [4.78, 5) is 37.6. The van der Waals surface area contributed by atoms with Gasteiger partial charge in [0.2, 0.25) is 0 Å². The first kappa shape index (κ1) is 80.3. The number of unbranched alkanes of at least 4 members (excludes halogenated alkanes) is 55. The van der Waals surface area contributed by atoms with Crippen molar-refractivity contribution in [3.63, 3.8) is 0 Å². The Kier molecular flexibility index (Phi) is 63.9. The van der Waals surface area contributed by atoms with Gasteiger partial charge in [-0.3, -0.25) is 9.59 Å². The summed E-state index contributed by atoms with van der Waals surface area (Å²) >= 11 is 0. The maximum Gasteiger partial charge on any atom is 0.361 e. The minimum absolute atomic E-state index is 0.172. The molecule has 2 unspecified atom stereocenters. The molecule has 82 heavy (non-hydrogen) atoms. The lowest BCUT2D eigenvalue weighted by Gasteiger charge is -2.25. The second-order valence-corrected chi connectivity index (χ2v) is 26.6. The smallest absolute Gasteiger partial charge is 0.361 e. The molecule has 0 aromatic heterocycles. The highest BCUT2D eigenvalue weighted by Crippen LogP contribution is 2.20. The van der Waals surface area contributed by atoms with Gasteiger partial charge in [-0.1, -0.05) is 367 Å². The molecule has 0 bridgehead atoms. The van der Waals surface area contributed by atoms with E-state index < -0.39 is 18.4 Å². The van der Waals surface area contributed by atoms with Gasteiger partial charge in [0.25, 0.3) is 6.29 Å². The fourth-order valence-electron chi connectivity index (χ4n) is 11.5. The van der Waals surface area contributed by atoms with Crippen molar-refractivity contribution >= 4 is 17.9 Å². The molecular formula is C73H144NO8+. The van der Waals surface area contributed by atoms with E-state index in [1.54, 1.807) is 0 Å². The second kappa shape index (κ2) is 65.3. The molecule has 0 heterocycles. The molecule has 0 spiro atoms. The van der Waals surface area contributed by atoms with Crippen molar-refractivity contribution in [3.8, 4) is 0 Å². The fraction of sp³-hybridized carbons (Fsp3) is 0.959. The number of hydrogen-bond donors (Lipinski definition) is 1. The number of carboxylic acid groups (broad SMARTS) is 1. The highest BCUT2D eigenvalue weighted by Gasteiger charge is 2.25. The normalized spacial score (nSPS) is 12.5. The fourth-order valence-corrected chi connectivity index (χ4v) is 11.5. The van der Waals surface area contributed by atoms with Crippen LogP contribution in [0.5, 0.6) is 0 Å². The van der Waals surface area contributed by atoms with E-state index in [0.29, 0.717) is 17.4 Å². The Morgan fingerprint density at radius 3 is 0.780 bits per heavy atom. The van der Waals surface area contributed by atoms with Gasteiger partial charge in [-0.25, -0.2) is 4.79 Å². The molecule has 488 valence electrons. The van der Waals surface area contributed by atoms with E-state index in [0.717, 1.165) is 38.5 Å². The van der Waals surface area contributed by atoms with Crippen LogP contribution < -0.4 is 0 Å². The third-order valence-electron chi connectivity index (χ3n) is 17.1. The van der Waals surface area contributed by atoms with Crippen molar-refractivity contribution in [2.45, 2.75) is 405 Å². The van der Waals surface area contributed by atoms with E-state index in [4.69, 9.17) is 18.9 Å². The first-order chi connectivity index (χ1) is 40.1. The number of quaternary nitrogens is 1. The van der Waals surface area contributed by atoms with Crippen LogP contribution in [0.4, 0.5) is 0 Å². The Balaban J connectivity index is 3.90. The van der Waals surface area contributed by atoms with E-state index >= 15 is 0 Å². The summed E-state index contributed by atoms with van der Waals surface area (Å²) < 4.78 is 23.0. The quantitative estimate of drug-likeness (QED) is 0.0278. The van der Waals surface area contributed by atoms with Gasteiger partial charge < -0.3 is 28.5 Å². The number of nitrogens with zero attached hydrogens (tertiary/aromatic N) is 1. The van der Waals surface area contributed by atoms with Crippen LogP contribution in [0, 0.1) is 0 Å². The molecule has 1 N–H and O–H groups in total. The largest absolute Gasteiger partial charge is 0.477 e. The summed E-state index contributed by atoms with van der Waals surface area (Å²) in [5, 5.41) is 9.74. The molecule has 9 heteroatoms. The summed E-state index contributed by atoms with van der Waals surface area (Å²) in [6.07, 6.45) is 75.4. The van der Waals surface area contributed by atoms with Crippen LogP contribution in [0.1, 0.15) is 393 Å². The summed E-state index contributed by atoms with van der Waals surface area (Å²) in [5.41, 5.74) is 0. The number of rotatable bonds is 70. The van der Waals surface area contributed by atoms with Crippen molar-refractivity contribution in [1.82, 2.24) is 0 Å². The highest BCUT2D eigenvalue weighted by atomic mass is 16.7. The summed E-state index contributed by atoms with van der Waals surface area (Å²) in [5.74, 6) is -1.97. The Labute approximate surface area is 511 Å². The van der Waals surface area contributed by atoms with Crippen LogP contribution in [0.3, 0.4) is 0 Å². The topological polar surface area (TPSA) is 108 Å². The first-order valence-corrected chi connectivity index (χ1v) is 36.7. The van der Waals surface area contributed by atoms with Gasteiger partial charge in [0.05, 0.1) is 34.4 Å². The molecule has 0 aliphatic rings. The highest BCUT2D eigenvalue weighted by molar-refractivity contribution is 5.71. The third kappa shape index (κ3) is 65.8. The number of aliphatic carboxylic acids is 1. The number of carboxylic acids is 1. The average Bonchev–Trinajstić information content (AvgIpc) is 3.45. The predicted octanol–water partition coefficient (Wildman–Crippen LogP) is 22.6. The first-order valence-electron chi connectivity index (χ1n) is 36.7. The monoisotopic (exact) mass is 1160 g/mol. The maximum absolute atomic E-state index is 12.9. The second-order valence-electron chi connectivity index (χ2n) is 26.6. The lowest BCUT2D eigenvalue weighted by molar-refractivity contribution is -0.870. The maximum atomic E-state index is 12.9. The van der Waals surface area contributed by atoms with Gasteiger partial charge in [0.15, 0.2) is 6.10 Å². The van der Waals surface area contributed by atoms with Crippen LogP contribution in [0.2, 0.25) is 0 Å². The van der Waals surface area contributed by atoms with Crippen molar-refractivity contribution < 1.29 is 42.9 Å². The van der Waals surface area contributed by atoms with Crippen LogP contribution in [-0.4, -0.2) is 87.4 Å². The Morgan fingerprint density at radius 2 is 0.549 bits per heavy atom. The number of carbonyl (C=O) groups is 3. The van der Waals surface area contributed by atoms with Crippen LogP contribution in [0.25, 0.3) is 0 Å². The molecule has 0 amide bonds. The van der Waals surface area contributed by atoms with Crippen molar-refractivity contribution in [2.24, 2.45) is 0 Å². The zero-order valence-electron chi connectivity index (χ0n) is 56.0. The van der Waals surface area contributed by atoms with E-state index in [9.17, 15) is 19.5 Å². The van der Waals surface area contributed by atoms with Crippen molar-refractivity contribution in [3.05, 3.63) is 0 Å². The van der Waals surface area contributed by atoms with Crippen molar-refractivity contribution in [2.75, 3.05) is 47.5 Å². The summed E-state index contributed by atoms with van der Waals surface area (Å²) in [6, 6.07) is 0. The van der Waals surface area contributed by atoms with Gasteiger partial charge in [0.1, 0.15) is 13.2 Å². The molecule has 0 aliphatic carbocycles. The minimum Gasteiger partial charge on any atom is -0.477 e. The van der Waals surface area contributed by atoms with Gasteiger partial charge in [0, 0.05) is 12.8 Å². The minimum atomic E-state index is -1.50. The van der Waals surface area contributed by atoms with E-state index in [1.165, 1.54) is 327 Å². The molecule has 0 radical (unpaired) electrons. The molecular weight excluding hydrogens is 1020 g/mol. The molecule has 0 saturated heterocycles. The zero-order valence-corrected chi connectivity index (χ0v) is 56.0. The molecule has 2 atom stereocenters. The van der Waals surface area contributed by atoms with Crippen LogP contribution >= 0.6 is 0 Å². The average molecular weight is 1160 g/mol. The Morgan fingerprint density at radius 1 is 0.317 bits per heavy atom. The Bertz CT molecular complexity index is 1300. The molecule has 0 aromatic carbocycles. The molecule has 0 rings (SSSR count). The SMILES string of the molecule is CCCCCCCCCCCCCCCCCCCCCCCCCCCCCCCCCCCCCCCCCC(=O)OC(COC(=O)CCCCCCCCCCCCCCCCCCCC)COC(OCC[N+](C)(C)C)C(=O)O. The summed E-state index contributed by atoms with van der Waals surface area (Å²) in [7, 11) is 5.99. The van der Waals surface area contributed by atoms with Gasteiger partial charge in [-0.05, 0) is 12.8 Å².